The predicted molar refractivity (Wildman–Crippen MR) is 85.3 cm³/mol. The summed E-state index contributed by atoms with van der Waals surface area (Å²) in [4.78, 5) is 16.3. The van der Waals surface area contributed by atoms with Crippen LogP contribution in [0.2, 0.25) is 0 Å². The summed E-state index contributed by atoms with van der Waals surface area (Å²) in [5, 5.41) is 5.18. The summed E-state index contributed by atoms with van der Waals surface area (Å²) in [6.07, 6.45) is 0.485. The largest absolute Gasteiger partial charge is 0.497 e. The van der Waals surface area contributed by atoms with Gasteiger partial charge in [0.2, 0.25) is 5.91 Å². The van der Waals surface area contributed by atoms with Gasteiger partial charge >= 0.3 is 0 Å². The number of anilines is 1. The van der Waals surface area contributed by atoms with E-state index in [0.29, 0.717) is 11.6 Å². The number of hydrogen-bond acceptors (Lipinski definition) is 4. The third-order valence-corrected chi connectivity index (χ3v) is 4.86. The maximum atomic E-state index is 11.9. The number of benzene rings is 1. The fraction of sp³-hybridized carbons (Fsp3) is 0.286. The number of methoxy groups -OCH3 is 1. The lowest BCUT2D eigenvalue weighted by Gasteiger charge is -2.01. The summed E-state index contributed by atoms with van der Waals surface area (Å²) >= 11 is 13.1. The zero-order valence-electron chi connectivity index (χ0n) is 11.1. The number of nitrogens with one attached hydrogen (secondary N) is 1. The van der Waals surface area contributed by atoms with Crippen LogP contribution in [0.5, 0.6) is 5.75 Å². The number of carbonyl (C=O) groups excluding carboxylic acids is 1. The Morgan fingerprint density at radius 2 is 2.10 bits per heavy atom. The Hall–Kier alpha value is -1.30. The van der Waals surface area contributed by atoms with E-state index in [1.807, 2.05) is 29.6 Å². The number of nitrogens with zero attached hydrogens (tertiary/aromatic N) is 1. The van der Waals surface area contributed by atoms with Gasteiger partial charge in [0.1, 0.15) is 10.1 Å². The van der Waals surface area contributed by atoms with Crippen molar-refractivity contribution in [1.82, 2.24) is 4.98 Å². The second-order valence-electron chi connectivity index (χ2n) is 4.77. The summed E-state index contributed by atoms with van der Waals surface area (Å²) in [6.45, 7) is 0. The van der Waals surface area contributed by atoms with Crippen molar-refractivity contribution in [3.05, 3.63) is 29.6 Å². The van der Waals surface area contributed by atoms with Gasteiger partial charge in [-0.05, 0) is 30.7 Å². The lowest BCUT2D eigenvalue weighted by molar-refractivity contribution is -0.117. The fourth-order valence-electron chi connectivity index (χ4n) is 1.92. The second-order valence-corrected chi connectivity index (χ2v) is 7.17. The highest BCUT2D eigenvalue weighted by Crippen LogP contribution is 2.53. The number of aromatic nitrogens is 1. The van der Waals surface area contributed by atoms with Gasteiger partial charge in [-0.15, -0.1) is 34.5 Å². The van der Waals surface area contributed by atoms with E-state index >= 15 is 0 Å². The Labute approximate surface area is 136 Å². The summed E-state index contributed by atoms with van der Waals surface area (Å²) in [5.74, 6) is 0.251. The van der Waals surface area contributed by atoms with Gasteiger partial charge in [0.25, 0.3) is 0 Å². The third kappa shape index (κ3) is 3.15. The summed E-state index contributed by atoms with van der Waals surface area (Å²) in [6, 6.07) is 7.57. The molecule has 1 aliphatic carbocycles. The standard InChI is InChI=1S/C14H12Cl2N2O2S/c1-20-9-4-2-8(3-5-9)11-7-21-13(17-11)18-12(19)10-6-14(10,15)16/h2-5,7,10H,6H2,1H3,(H,17,18,19). The van der Waals surface area contributed by atoms with Crippen molar-refractivity contribution in [2.45, 2.75) is 10.8 Å². The molecule has 0 spiro atoms. The van der Waals surface area contributed by atoms with E-state index in [9.17, 15) is 4.79 Å². The Balaban J connectivity index is 1.69. The normalized spacial score (nSPS) is 19.1. The van der Waals surface area contributed by atoms with Gasteiger partial charge in [-0.1, -0.05) is 0 Å². The zero-order valence-corrected chi connectivity index (χ0v) is 13.4. The maximum Gasteiger partial charge on any atom is 0.232 e. The van der Waals surface area contributed by atoms with Crippen LogP contribution >= 0.6 is 34.5 Å². The highest BCUT2D eigenvalue weighted by atomic mass is 35.5. The third-order valence-electron chi connectivity index (χ3n) is 3.26. The zero-order chi connectivity index (χ0) is 15.0. The molecule has 1 aromatic carbocycles. The number of alkyl halides is 2. The molecular formula is C14H12Cl2N2O2S. The van der Waals surface area contributed by atoms with Gasteiger partial charge in [-0.2, -0.15) is 0 Å². The molecule has 2 aromatic rings. The van der Waals surface area contributed by atoms with Crippen LogP contribution in [0.25, 0.3) is 11.3 Å². The van der Waals surface area contributed by atoms with Gasteiger partial charge in [0.05, 0.1) is 18.7 Å². The van der Waals surface area contributed by atoms with E-state index in [0.717, 1.165) is 17.0 Å². The summed E-state index contributed by atoms with van der Waals surface area (Å²) in [5.41, 5.74) is 1.76. The van der Waals surface area contributed by atoms with Gasteiger partial charge in [-0.3, -0.25) is 4.79 Å². The van der Waals surface area contributed by atoms with E-state index in [-0.39, 0.29) is 11.8 Å². The first-order valence-electron chi connectivity index (χ1n) is 6.28. The number of amides is 1. The lowest BCUT2D eigenvalue weighted by Crippen LogP contribution is -2.16. The molecule has 21 heavy (non-hydrogen) atoms. The summed E-state index contributed by atoms with van der Waals surface area (Å²) < 4.78 is 4.20. The fourth-order valence-corrected chi connectivity index (χ4v) is 3.15. The number of hydrogen-bond donors (Lipinski definition) is 1. The Morgan fingerprint density at radius 1 is 1.43 bits per heavy atom. The molecule has 0 bridgehead atoms. The first-order valence-corrected chi connectivity index (χ1v) is 7.92. The van der Waals surface area contributed by atoms with Crippen molar-refractivity contribution in [2.75, 3.05) is 12.4 Å². The van der Waals surface area contributed by atoms with Crippen LogP contribution in [0.4, 0.5) is 5.13 Å². The lowest BCUT2D eigenvalue weighted by atomic mass is 10.2. The Morgan fingerprint density at radius 3 is 2.67 bits per heavy atom. The average Bonchev–Trinajstić information content (AvgIpc) is 2.90. The molecule has 0 radical (unpaired) electrons. The van der Waals surface area contributed by atoms with Crippen LogP contribution in [0.15, 0.2) is 29.6 Å². The number of ether oxygens (including phenoxy) is 1. The molecule has 1 fully saturated rings. The van der Waals surface area contributed by atoms with Crippen LogP contribution in [0.1, 0.15) is 6.42 Å². The quantitative estimate of drug-likeness (QED) is 0.855. The highest BCUT2D eigenvalue weighted by molar-refractivity contribution is 7.14. The molecule has 1 atom stereocenters. The Bertz CT molecular complexity index is 670. The molecule has 1 unspecified atom stereocenters. The maximum absolute atomic E-state index is 11.9. The van der Waals surface area contributed by atoms with E-state index in [1.165, 1.54) is 11.3 Å². The first kappa shape index (κ1) is 14.6. The highest BCUT2D eigenvalue weighted by Gasteiger charge is 2.56. The number of halogens is 2. The van der Waals surface area contributed by atoms with Crippen LogP contribution in [0.3, 0.4) is 0 Å². The minimum Gasteiger partial charge on any atom is -0.497 e. The number of rotatable bonds is 4. The molecule has 1 heterocycles. The van der Waals surface area contributed by atoms with Gasteiger partial charge in [0, 0.05) is 10.9 Å². The molecule has 110 valence electrons. The van der Waals surface area contributed by atoms with E-state index < -0.39 is 4.33 Å². The minimum absolute atomic E-state index is 0.185. The number of thiazole rings is 1. The number of carbonyl (C=O) groups is 1. The molecule has 3 rings (SSSR count). The van der Waals surface area contributed by atoms with Crippen LogP contribution in [-0.4, -0.2) is 22.3 Å². The van der Waals surface area contributed by atoms with Crippen LogP contribution in [0, 0.1) is 5.92 Å². The summed E-state index contributed by atoms with van der Waals surface area (Å²) in [7, 11) is 1.62. The van der Waals surface area contributed by atoms with Crippen molar-refractivity contribution in [3.63, 3.8) is 0 Å². The van der Waals surface area contributed by atoms with E-state index in [4.69, 9.17) is 27.9 Å². The average molecular weight is 343 g/mol. The molecule has 1 N–H and O–H groups in total. The van der Waals surface area contributed by atoms with Gasteiger partial charge in [-0.25, -0.2) is 4.98 Å². The molecule has 7 heteroatoms. The minimum atomic E-state index is -0.917. The van der Waals surface area contributed by atoms with E-state index in [2.05, 4.69) is 10.3 Å². The van der Waals surface area contributed by atoms with Crippen molar-refractivity contribution in [1.29, 1.82) is 0 Å². The van der Waals surface area contributed by atoms with Crippen molar-refractivity contribution in [3.8, 4) is 17.0 Å². The molecule has 1 aromatic heterocycles. The predicted octanol–water partition coefficient (Wildman–Crippen LogP) is 3.95. The van der Waals surface area contributed by atoms with Crippen molar-refractivity contribution < 1.29 is 9.53 Å². The molecule has 0 aliphatic heterocycles. The SMILES string of the molecule is COc1ccc(-c2csc(NC(=O)C3CC3(Cl)Cl)n2)cc1. The van der Waals surface area contributed by atoms with Crippen molar-refractivity contribution >= 4 is 45.6 Å². The molecular weight excluding hydrogens is 331 g/mol. The smallest absolute Gasteiger partial charge is 0.232 e. The molecule has 0 saturated heterocycles. The van der Waals surface area contributed by atoms with Gasteiger partial charge < -0.3 is 10.1 Å². The second kappa shape index (κ2) is 5.48. The van der Waals surface area contributed by atoms with Gasteiger partial charge in [0.15, 0.2) is 5.13 Å². The molecule has 4 nitrogen and oxygen atoms in total. The molecule has 1 saturated carbocycles. The topological polar surface area (TPSA) is 51.2 Å². The molecule has 1 amide bonds. The monoisotopic (exact) mass is 342 g/mol. The molecule has 1 aliphatic rings. The first-order chi connectivity index (χ1) is 9.99. The Kier molecular flexibility index (Phi) is 3.82. The van der Waals surface area contributed by atoms with Crippen molar-refractivity contribution in [2.24, 2.45) is 5.92 Å². The van der Waals surface area contributed by atoms with Crippen LogP contribution in [-0.2, 0) is 4.79 Å². The van der Waals surface area contributed by atoms with Crippen LogP contribution < -0.4 is 10.1 Å². The van der Waals surface area contributed by atoms with E-state index in [1.54, 1.807) is 7.11 Å².